The predicted molar refractivity (Wildman–Crippen MR) is 174 cm³/mol. The molecule has 2 aromatic heterocycles. The van der Waals surface area contributed by atoms with E-state index in [1.54, 1.807) is 35.6 Å². The van der Waals surface area contributed by atoms with Crippen molar-refractivity contribution in [1.29, 1.82) is 5.26 Å². The van der Waals surface area contributed by atoms with Crippen molar-refractivity contribution in [2.24, 2.45) is 0 Å². The fourth-order valence-corrected chi connectivity index (χ4v) is 5.42. The van der Waals surface area contributed by atoms with Gasteiger partial charge in [-0.25, -0.2) is 4.98 Å². The van der Waals surface area contributed by atoms with Crippen LogP contribution in [-0.4, -0.2) is 89.4 Å². The molecule has 2 amide bonds. The zero-order chi connectivity index (χ0) is 31.8. The molecule has 0 bridgehead atoms. The fraction of sp³-hybridized carbons (Fsp3) is 0.371. The van der Waals surface area contributed by atoms with Crippen LogP contribution in [0.25, 0.3) is 11.3 Å². The smallest absolute Gasteiger partial charge is 0.289 e. The summed E-state index contributed by atoms with van der Waals surface area (Å²) in [5.41, 5.74) is 4.17. The summed E-state index contributed by atoms with van der Waals surface area (Å²) in [6, 6.07) is 20.9. The van der Waals surface area contributed by atoms with Crippen molar-refractivity contribution in [3.63, 3.8) is 0 Å². The maximum absolute atomic E-state index is 13.3. The monoisotopic (exact) mass is 607 g/mol. The van der Waals surface area contributed by atoms with Crippen LogP contribution in [0.5, 0.6) is 0 Å². The van der Waals surface area contributed by atoms with Gasteiger partial charge in [-0.2, -0.15) is 5.26 Å². The SMILES string of the molecule is CCCC(=O)N(Cc1cncn1Cc1ccc(C#N)cc1)c1ccc(-c2ccc(C(=O)N3CCN(CCN(C)C)CC3)o2)cc1. The largest absolute Gasteiger partial charge is 0.451 e. The lowest BCUT2D eigenvalue weighted by Gasteiger charge is -2.34. The lowest BCUT2D eigenvalue weighted by Crippen LogP contribution is -2.49. The molecular weight excluding hydrogens is 566 g/mol. The van der Waals surface area contributed by atoms with Crippen molar-refractivity contribution in [3.05, 3.63) is 95.8 Å². The highest BCUT2D eigenvalue weighted by Crippen LogP contribution is 2.27. The summed E-state index contributed by atoms with van der Waals surface area (Å²) in [4.78, 5) is 39.0. The molecule has 0 atom stereocenters. The van der Waals surface area contributed by atoms with Crippen molar-refractivity contribution < 1.29 is 14.0 Å². The third kappa shape index (κ3) is 8.06. The van der Waals surface area contributed by atoms with Crippen molar-refractivity contribution in [3.8, 4) is 17.4 Å². The minimum Gasteiger partial charge on any atom is -0.451 e. The molecule has 1 saturated heterocycles. The first kappa shape index (κ1) is 31.7. The molecule has 10 heteroatoms. The average molecular weight is 608 g/mol. The van der Waals surface area contributed by atoms with Gasteiger partial charge >= 0.3 is 0 Å². The van der Waals surface area contributed by atoms with Gasteiger partial charge in [0.15, 0.2) is 5.76 Å². The van der Waals surface area contributed by atoms with E-state index in [2.05, 4.69) is 34.9 Å². The first-order valence-electron chi connectivity index (χ1n) is 15.5. The number of aromatic nitrogens is 2. The van der Waals surface area contributed by atoms with Crippen LogP contribution >= 0.6 is 0 Å². The Labute approximate surface area is 265 Å². The molecule has 45 heavy (non-hydrogen) atoms. The van der Waals surface area contributed by atoms with Crippen molar-refractivity contribution in [2.45, 2.75) is 32.9 Å². The minimum atomic E-state index is -0.0842. The lowest BCUT2D eigenvalue weighted by atomic mass is 10.1. The molecule has 10 nitrogen and oxygen atoms in total. The van der Waals surface area contributed by atoms with E-state index >= 15 is 0 Å². The Balaban J connectivity index is 1.25. The van der Waals surface area contributed by atoms with Gasteiger partial charge in [0, 0.05) is 69.7 Å². The number of anilines is 1. The maximum Gasteiger partial charge on any atom is 0.289 e. The van der Waals surface area contributed by atoms with E-state index in [0.717, 1.165) is 55.1 Å². The van der Waals surface area contributed by atoms with Gasteiger partial charge in [0.25, 0.3) is 5.91 Å². The molecule has 5 rings (SSSR count). The zero-order valence-corrected chi connectivity index (χ0v) is 26.4. The van der Waals surface area contributed by atoms with Gasteiger partial charge < -0.3 is 23.7 Å². The molecule has 0 saturated carbocycles. The molecule has 0 N–H and O–H groups in total. The number of carbonyl (C=O) groups is 2. The van der Waals surface area contributed by atoms with Gasteiger partial charge in [-0.3, -0.25) is 14.5 Å². The van der Waals surface area contributed by atoms with Gasteiger partial charge in [-0.1, -0.05) is 19.1 Å². The van der Waals surface area contributed by atoms with E-state index in [1.165, 1.54) is 0 Å². The molecule has 0 spiro atoms. The minimum absolute atomic E-state index is 0.0315. The maximum atomic E-state index is 13.3. The van der Waals surface area contributed by atoms with Gasteiger partial charge in [0.2, 0.25) is 5.91 Å². The number of piperazine rings is 1. The molecule has 0 aliphatic carbocycles. The van der Waals surface area contributed by atoms with Crippen molar-refractivity contribution in [2.75, 3.05) is 58.3 Å². The van der Waals surface area contributed by atoms with Crippen LogP contribution in [0, 0.1) is 11.3 Å². The summed E-state index contributed by atoms with van der Waals surface area (Å²) in [5, 5.41) is 9.09. The molecule has 1 fully saturated rings. The Morgan fingerprint density at radius 2 is 1.71 bits per heavy atom. The summed E-state index contributed by atoms with van der Waals surface area (Å²) in [5.74, 6) is 0.899. The number of likely N-dealkylation sites (N-methyl/N-ethyl adjacent to an activating group) is 1. The van der Waals surface area contributed by atoms with Crippen molar-refractivity contribution in [1.82, 2.24) is 24.3 Å². The van der Waals surface area contributed by atoms with Gasteiger partial charge in [-0.15, -0.1) is 0 Å². The Kier molecular flexibility index (Phi) is 10.5. The van der Waals surface area contributed by atoms with Crippen LogP contribution in [0.3, 0.4) is 0 Å². The van der Waals surface area contributed by atoms with E-state index < -0.39 is 0 Å². The summed E-state index contributed by atoms with van der Waals surface area (Å²) in [7, 11) is 4.14. The highest BCUT2D eigenvalue weighted by Gasteiger charge is 2.25. The molecule has 234 valence electrons. The van der Waals surface area contributed by atoms with Gasteiger partial charge in [-0.05, 0) is 74.6 Å². The normalized spacial score (nSPS) is 13.6. The van der Waals surface area contributed by atoms with Crippen LogP contribution in [0.15, 0.2) is 77.6 Å². The highest BCUT2D eigenvalue weighted by atomic mass is 16.4. The van der Waals surface area contributed by atoms with E-state index in [-0.39, 0.29) is 11.8 Å². The number of imidazole rings is 1. The second kappa shape index (κ2) is 14.8. The Morgan fingerprint density at radius 1 is 0.978 bits per heavy atom. The van der Waals surface area contributed by atoms with Gasteiger partial charge in [0.1, 0.15) is 5.76 Å². The van der Waals surface area contributed by atoms with Crippen LogP contribution in [0.1, 0.15) is 47.1 Å². The summed E-state index contributed by atoms with van der Waals surface area (Å²) in [6.07, 6.45) is 4.72. The third-order valence-corrected chi connectivity index (χ3v) is 8.12. The zero-order valence-electron chi connectivity index (χ0n) is 26.4. The fourth-order valence-electron chi connectivity index (χ4n) is 5.42. The lowest BCUT2D eigenvalue weighted by molar-refractivity contribution is -0.118. The molecule has 1 aliphatic rings. The second-order valence-corrected chi connectivity index (χ2v) is 11.7. The number of hydrogen-bond acceptors (Lipinski definition) is 7. The predicted octanol–water partition coefficient (Wildman–Crippen LogP) is 4.72. The quantitative estimate of drug-likeness (QED) is 0.230. The number of nitriles is 1. The standard InChI is InChI=1S/C35H41N7O3/c1-4-5-34(43)42(25-31-23-37-26-41(31)24-28-8-6-27(22-36)7-9-28)30-12-10-29(11-13-30)32-14-15-33(45-32)35(44)40-20-18-39(19-21-40)17-16-38(2)3/h6-15,23,26H,4-5,16-21,24-25H2,1-3H3. The van der Waals surface area contributed by atoms with Crippen LogP contribution in [-0.2, 0) is 17.9 Å². The van der Waals surface area contributed by atoms with E-state index in [1.807, 2.05) is 58.9 Å². The number of amides is 2. The van der Waals surface area contributed by atoms with E-state index in [0.29, 0.717) is 49.7 Å². The van der Waals surface area contributed by atoms with Crippen molar-refractivity contribution >= 4 is 17.5 Å². The molecular formula is C35H41N7O3. The van der Waals surface area contributed by atoms with E-state index in [9.17, 15) is 9.59 Å². The first-order valence-corrected chi connectivity index (χ1v) is 15.5. The molecule has 0 unspecified atom stereocenters. The number of carbonyl (C=O) groups excluding carboxylic acids is 2. The average Bonchev–Trinajstić information content (AvgIpc) is 3.73. The topological polar surface area (TPSA) is 102 Å². The Hall–Kier alpha value is -4.72. The number of furan rings is 1. The Bertz CT molecular complexity index is 1610. The molecule has 2 aromatic carbocycles. The number of hydrogen-bond donors (Lipinski definition) is 0. The van der Waals surface area contributed by atoms with Gasteiger partial charge in [0.05, 0.1) is 30.2 Å². The molecule has 1 aliphatic heterocycles. The second-order valence-electron chi connectivity index (χ2n) is 11.7. The molecule has 3 heterocycles. The summed E-state index contributed by atoms with van der Waals surface area (Å²) < 4.78 is 8.05. The third-order valence-electron chi connectivity index (χ3n) is 8.12. The van der Waals surface area contributed by atoms with Crippen LogP contribution in [0.2, 0.25) is 0 Å². The molecule has 0 radical (unpaired) electrons. The number of rotatable bonds is 12. The summed E-state index contributed by atoms with van der Waals surface area (Å²) in [6.45, 7) is 8.04. The van der Waals surface area contributed by atoms with Crippen LogP contribution < -0.4 is 4.90 Å². The molecule has 4 aromatic rings. The highest BCUT2D eigenvalue weighted by molar-refractivity contribution is 5.94. The number of nitrogens with zero attached hydrogens (tertiary/aromatic N) is 7. The Morgan fingerprint density at radius 3 is 2.38 bits per heavy atom. The number of benzene rings is 2. The van der Waals surface area contributed by atoms with Crippen LogP contribution in [0.4, 0.5) is 5.69 Å². The summed E-state index contributed by atoms with van der Waals surface area (Å²) >= 11 is 0. The first-order chi connectivity index (χ1) is 21.8. The van der Waals surface area contributed by atoms with E-state index in [4.69, 9.17) is 9.68 Å².